The molecular weight excluding hydrogens is 192 g/mol. The van der Waals surface area contributed by atoms with Crippen molar-refractivity contribution in [2.75, 3.05) is 19.7 Å². The van der Waals surface area contributed by atoms with Crippen LogP contribution in [0, 0.1) is 0 Å². The summed E-state index contributed by atoms with van der Waals surface area (Å²) in [4.78, 5) is 11.4. The molecule has 1 saturated carbocycles. The first kappa shape index (κ1) is 12.5. The Morgan fingerprint density at radius 3 is 2.60 bits per heavy atom. The zero-order valence-corrected chi connectivity index (χ0v) is 9.51. The highest BCUT2D eigenvalue weighted by Crippen LogP contribution is 2.28. The van der Waals surface area contributed by atoms with Crippen molar-refractivity contribution in [1.82, 2.24) is 10.6 Å². The summed E-state index contributed by atoms with van der Waals surface area (Å²) in [6.07, 6.45) is 5.19. The summed E-state index contributed by atoms with van der Waals surface area (Å²) in [7, 11) is 0. The van der Waals surface area contributed by atoms with Crippen LogP contribution in [-0.4, -0.2) is 36.2 Å². The fraction of sp³-hybridized carbons (Fsp3) is 0.909. The number of amides is 1. The summed E-state index contributed by atoms with van der Waals surface area (Å²) < 4.78 is 0. The first-order valence-electron chi connectivity index (χ1n) is 5.85. The summed E-state index contributed by atoms with van der Waals surface area (Å²) in [6.45, 7) is 3.21. The van der Waals surface area contributed by atoms with Crippen molar-refractivity contribution in [3.63, 3.8) is 0 Å². The van der Waals surface area contributed by atoms with Crippen molar-refractivity contribution < 1.29 is 9.90 Å². The molecule has 0 saturated heterocycles. The van der Waals surface area contributed by atoms with Gasteiger partial charge in [-0.15, -0.1) is 0 Å². The van der Waals surface area contributed by atoms with Crippen molar-refractivity contribution in [3.05, 3.63) is 0 Å². The molecule has 1 aliphatic rings. The normalized spacial score (nSPS) is 19.1. The highest BCUT2D eigenvalue weighted by molar-refractivity contribution is 5.78. The molecule has 0 spiro atoms. The van der Waals surface area contributed by atoms with Gasteiger partial charge in [0.2, 0.25) is 5.91 Å². The molecule has 0 aromatic rings. The average Bonchev–Trinajstić information content (AvgIpc) is 2.73. The molecule has 1 amide bonds. The van der Waals surface area contributed by atoms with Crippen molar-refractivity contribution in [2.45, 2.75) is 44.6 Å². The molecule has 0 aromatic heterocycles. The highest BCUT2D eigenvalue weighted by Gasteiger charge is 2.32. The lowest BCUT2D eigenvalue weighted by molar-refractivity contribution is -0.120. The molecule has 1 rings (SSSR count). The number of nitrogens with one attached hydrogen (secondary N) is 2. The second-order valence-corrected chi connectivity index (χ2v) is 4.35. The molecule has 15 heavy (non-hydrogen) atoms. The summed E-state index contributed by atoms with van der Waals surface area (Å²) in [5.41, 5.74) is -0.191. The Kier molecular flexibility index (Phi) is 5.05. The molecule has 88 valence electrons. The molecule has 0 atom stereocenters. The van der Waals surface area contributed by atoms with E-state index in [4.69, 9.17) is 0 Å². The fourth-order valence-corrected chi connectivity index (χ4v) is 2.04. The van der Waals surface area contributed by atoms with E-state index in [0.29, 0.717) is 6.54 Å². The minimum absolute atomic E-state index is 0.0246. The summed E-state index contributed by atoms with van der Waals surface area (Å²) in [5.74, 6) is 0.0246. The van der Waals surface area contributed by atoms with Gasteiger partial charge in [0.15, 0.2) is 0 Å². The Balaban J connectivity index is 2.25. The van der Waals surface area contributed by atoms with Gasteiger partial charge in [0.25, 0.3) is 0 Å². The Bertz CT molecular complexity index is 201. The SMILES string of the molecule is CCCNC(=O)CNC1(CO)CCCC1. The van der Waals surface area contributed by atoms with Crippen molar-refractivity contribution in [2.24, 2.45) is 0 Å². The zero-order chi connectivity index (χ0) is 11.1. The van der Waals surface area contributed by atoms with Gasteiger partial charge in [0.1, 0.15) is 0 Å². The predicted octanol–water partition coefficient (Wildman–Crippen LogP) is 0.407. The topological polar surface area (TPSA) is 61.4 Å². The second-order valence-electron chi connectivity index (χ2n) is 4.35. The van der Waals surface area contributed by atoms with Crippen LogP contribution in [0.4, 0.5) is 0 Å². The minimum Gasteiger partial charge on any atom is -0.394 e. The van der Waals surface area contributed by atoms with Crippen LogP contribution in [-0.2, 0) is 4.79 Å². The Labute approximate surface area is 91.4 Å². The minimum atomic E-state index is -0.191. The van der Waals surface area contributed by atoms with E-state index in [1.54, 1.807) is 0 Å². The molecule has 1 fully saturated rings. The Morgan fingerprint density at radius 2 is 2.07 bits per heavy atom. The van der Waals surface area contributed by atoms with Crippen LogP contribution in [0.2, 0.25) is 0 Å². The van der Waals surface area contributed by atoms with Gasteiger partial charge in [0.05, 0.1) is 13.2 Å². The number of aliphatic hydroxyl groups excluding tert-OH is 1. The van der Waals surface area contributed by atoms with E-state index in [0.717, 1.165) is 38.6 Å². The molecule has 4 nitrogen and oxygen atoms in total. The van der Waals surface area contributed by atoms with Gasteiger partial charge in [-0.1, -0.05) is 19.8 Å². The third-order valence-corrected chi connectivity index (χ3v) is 3.06. The van der Waals surface area contributed by atoms with Crippen LogP contribution in [0.15, 0.2) is 0 Å². The van der Waals surface area contributed by atoms with Crippen LogP contribution in [0.1, 0.15) is 39.0 Å². The van der Waals surface area contributed by atoms with Crippen molar-refractivity contribution >= 4 is 5.91 Å². The van der Waals surface area contributed by atoms with E-state index in [9.17, 15) is 9.90 Å². The molecule has 3 N–H and O–H groups in total. The van der Waals surface area contributed by atoms with E-state index >= 15 is 0 Å². The van der Waals surface area contributed by atoms with E-state index in [-0.39, 0.29) is 18.1 Å². The maximum Gasteiger partial charge on any atom is 0.233 e. The number of hydrogen-bond donors (Lipinski definition) is 3. The van der Waals surface area contributed by atoms with Gasteiger partial charge < -0.3 is 15.7 Å². The van der Waals surface area contributed by atoms with Crippen molar-refractivity contribution in [1.29, 1.82) is 0 Å². The molecule has 0 aromatic carbocycles. The maximum absolute atomic E-state index is 11.4. The van der Waals surface area contributed by atoms with Crippen LogP contribution in [0.25, 0.3) is 0 Å². The first-order valence-corrected chi connectivity index (χ1v) is 5.85. The third-order valence-electron chi connectivity index (χ3n) is 3.06. The Hall–Kier alpha value is -0.610. The summed E-state index contributed by atoms with van der Waals surface area (Å²) >= 11 is 0. The van der Waals surface area contributed by atoms with E-state index in [1.165, 1.54) is 0 Å². The van der Waals surface area contributed by atoms with Gasteiger partial charge in [-0.3, -0.25) is 4.79 Å². The standard InChI is InChI=1S/C11H22N2O2/c1-2-7-12-10(15)8-13-11(9-14)5-3-4-6-11/h13-14H,2-9H2,1H3,(H,12,15). The van der Waals surface area contributed by atoms with E-state index in [2.05, 4.69) is 10.6 Å². The summed E-state index contributed by atoms with van der Waals surface area (Å²) in [5, 5.41) is 15.3. The van der Waals surface area contributed by atoms with Gasteiger partial charge in [-0.2, -0.15) is 0 Å². The van der Waals surface area contributed by atoms with Gasteiger partial charge in [0, 0.05) is 12.1 Å². The smallest absolute Gasteiger partial charge is 0.233 e. The number of hydrogen-bond acceptors (Lipinski definition) is 3. The first-order chi connectivity index (χ1) is 7.22. The van der Waals surface area contributed by atoms with Crippen LogP contribution < -0.4 is 10.6 Å². The lowest BCUT2D eigenvalue weighted by atomic mass is 9.99. The molecule has 0 unspecified atom stereocenters. The monoisotopic (exact) mass is 214 g/mol. The maximum atomic E-state index is 11.4. The average molecular weight is 214 g/mol. The predicted molar refractivity (Wildman–Crippen MR) is 59.6 cm³/mol. The van der Waals surface area contributed by atoms with Gasteiger partial charge in [-0.05, 0) is 19.3 Å². The molecule has 0 aliphatic heterocycles. The highest BCUT2D eigenvalue weighted by atomic mass is 16.3. The van der Waals surface area contributed by atoms with Crippen LogP contribution >= 0.6 is 0 Å². The Morgan fingerprint density at radius 1 is 1.40 bits per heavy atom. The fourth-order valence-electron chi connectivity index (χ4n) is 2.04. The molecule has 4 heteroatoms. The largest absolute Gasteiger partial charge is 0.394 e. The van der Waals surface area contributed by atoms with Crippen LogP contribution in [0.3, 0.4) is 0 Å². The molecule has 0 radical (unpaired) electrons. The second kappa shape index (κ2) is 6.08. The van der Waals surface area contributed by atoms with Crippen LogP contribution in [0.5, 0.6) is 0 Å². The van der Waals surface area contributed by atoms with Crippen molar-refractivity contribution in [3.8, 4) is 0 Å². The zero-order valence-electron chi connectivity index (χ0n) is 9.51. The quantitative estimate of drug-likeness (QED) is 0.600. The lowest BCUT2D eigenvalue weighted by Crippen LogP contribution is -2.50. The number of carbonyl (C=O) groups excluding carboxylic acids is 1. The van der Waals surface area contributed by atoms with E-state index in [1.807, 2.05) is 6.92 Å². The third kappa shape index (κ3) is 3.80. The molecular formula is C11H22N2O2. The number of aliphatic hydroxyl groups is 1. The van der Waals surface area contributed by atoms with Gasteiger partial charge >= 0.3 is 0 Å². The molecule has 1 aliphatic carbocycles. The summed E-state index contributed by atoms with van der Waals surface area (Å²) in [6, 6.07) is 0. The van der Waals surface area contributed by atoms with Gasteiger partial charge in [-0.25, -0.2) is 0 Å². The molecule has 0 heterocycles. The number of rotatable bonds is 6. The molecule has 0 bridgehead atoms. The lowest BCUT2D eigenvalue weighted by Gasteiger charge is -2.27. The van der Waals surface area contributed by atoms with E-state index < -0.39 is 0 Å². The number of carbonyl (C=O) groups is 1.